The summed E-state index contributed by atoms with van der Waals surface area (Å²) in [6.07, 6.45) is 2.06. The molecule has 4 N–H and O–H groups in total. The van der Waals surface area contributed by atoms with Crippen LogP contribution in [0.1, 0.15) is 30.1 Å². The van der Waals surface area contributed by atoms with Crippen molar-refractivity contribution in [3.8, 4) is 0 Å². The largest absolute Gasteiger partial charge is 0.349 e. The van der Waals surface area contributed by atoms with Crippen molar-refractivity contribution in [1.82, 2.24) is 5.32 Å². The van der Waals surface area contributed by atoms with Crippen molar-refractivity contribution < 1.29 is 14.1 Å². The number of hydrogen-bond donors (Lipinski definition) is 3. The van der Waals surface area contributed by atoms with Gasteiger partial charge in [0, 0.05) is 6.04 Å². The molecule has 2 rings (SSSR count). The number of nitro groups is 1. The second-order valence-electron chi connectivity index (χ2n) is 4.85. The third kappa shape index (κ3) is 2.85. The van der Waals surface area contributed by atoms with Crippen molar-refractivity contribution >= 4 is 17.3 Å². The highest BCUT2D eigenvalue weighted by Crippen LogP contribution is 2.33. The fourth-order valence-corrected chi connectivity index (χ4v) is 2.00. The molecular formula is C12H15FN4O3. The van der Waals surface area contributed by atoms with Gasteiger partial charge in [0.15, 0.2) is 5.82 Å². The van der Waals surface area contributed by atoms with Crippen LogP contribution in [0.2, 0.25) is 0 Å². The van der Waals surface area contributed by atoms with Gasteiger partial charge in [-0.15, -0.1) is 0 Å². The van der Waals surface area contributed by atoms with Gasteiger partial charge in [-0.1, -0.05) is 0 Å². The molecule has 1 amide bonds. The molecule has 108 valence electrons. The van der Waals surface area contributed by atoms with E-state index in [0.29, 0.717) is 12.0 Å². The lowest BCUT2D eigenvalue weighted by Crippen LogP contribution is -2.34. The molecular weight excluding hydrogens is 267 g/mol. The molecule has 1 saturated carbocycles. The third-order valence-electron chi connectivity index (χ3n) is 3.37. The van der Waals surface area contributed by atoms with Gasteiger partial charge in [0.25, 0.3) is 11.6 Å². The lowest BCUT2D eigenvalue weighted by Gasteiger charge is -2.13. The van der Waals surface area contributed by atoms with Crippen LogP contribution in [0.3, 0.4) is 0 Å². The Morgan fingerprint density at radius 3 is 2.70 bits per heavy atom. The molecule has 1 unspecified atom stereocenters. The summed E-state index contributed by atoms with van der Waals surface area (Å²) in [4.78, 5) is 22.2. The Kier molecular flexibility index (Phi) is 3.84. The van der Waals surface area contributed by atoms with Gasteiger partial charge in [-0.05, 0) is 31.7 Å². The molecule has 0 spiro atoms. The number of rotatable bonds is 5. The molecule has 1 atom stereocenters. The number of halogens is 1. The first-order valence-corrected chi connectivity index (χ1v) is 6.19. The molecule has 1 fully saturated rings. The topological polar surface area (TPSA) is 110 Å². The number of nitro benzene ring substituents is 1. The van der Waals surface area contributed by atoms with E-state index >= 15 is 0 Å². The van der Waals surface area contributed by atoms with Crippen molar-refractivity contribution in [2.75, 3.05) is 5.43 Å². The monoisotopic (exact) mass is 282 g/mol. The Labute approximate surface area is 114 Å². The summed E-state index contributed by atoms with van der Waals surface area (Å²) in [5.41, 5.74) is 1.11. The van der Waals surface area contributed by atoms with Crippen molar-refractivity contribution in [2.24, 2.45) is 11.8 Å². The molecule has 1 aliphatic carbocycles. The summed E-state index contributed by atoms with van der Waals surface area (Å²) in [6, 6.07) is 1.66. The average molecular weight is 282 g/mol. The molecule has 8 heteroatoms. The number of amides is 1. The minimum Gasteiger partial charge on any atom is -0.349 e. The fourth-order valence-electron chi connectivity index (χ4n) is 2.00. The average Bonchev–Trinajstić information content (AvgIpc) is 3.22. The van der Waals surface area contributed by atoms with E-state index in [1.54, 1.807) is 0 Å². The first kappa shape index (κ1) is 14.2. The van der Waals surface area contributed by atoms with Crippen molar-refractivity contribution in [2.45, 2.75) is 25.8 Å². The number of carbonyl (C=O) groups excluding carboxylic acids is 1. The van der Waals surface area contributed by atoms with Gasteiger partial charge < -0.3 is 10.7 Å². The molecule has 0 heterocycles. The molecule has 0 radical (unpaired) electrons. The van der Waals surface area contributed by atoms with Crippen molar-refractivity contribution in [1.29, 1.82) is 0 Å². The maximum absolute atomic E-state index is 13.5. The van der Waals surface area contributed by atoms with E-state index in [0.717, 1.165) is 18.9 Å². The normalized spacial score (nSPS) is 15.6. The van der Waals surface area contributed by atoms with Crippen LogP contribution in [0, 0.1) is 21.8 Å². The molecule has 7 nitrogen and oxygen atoms in total. The number of anilines is 1. The summed E-state index contributed by atoms with van der Waals surface area (Å²) in [6.45, 7) is 1.84. The summed E-state index contributed by atoms with van der Waals surface area (Å²) < 4.78 is 13.5. The lowest BCUT2D eigenvalue weighted by molar-refractivity contribution is -0.385. The van der Waals surface area contributed by atoms with Crippen LogP contribution in [0.15, 0.2) is 12.1 Å². The van der Waals surface area contributed by atoms with Gasteiger partial charge in [-0.2, -0.15) is 0 Å². The van der Waals surface area contributed by atoms with Crippen LogP contribution in [0.5, 0.6) is 0 Å². The number of nitrogen functional groups attached to an aromatic ring is 1. The molecule has 0 aliphatic heterocycles. The number of hydrogen-bond acceptors (Lipinski definition) is 5. The highest BCUT2D eigenvalue weighted by molar-refractivity contribution is 5.99. The summed E-state index contributed by atoms with van der Waals surface area (Å²) in [5.74, 6) is 4.03. The third-order valence-corrected chi connectivity index (χ3v) is 3.37. The van der Waals surface area contributed by atoms with Crippen LogP contribution in [0.25, 0.3) is 0 Å². The zero-order chi connectivity index (χ0) is 14.9. The molecule has 1 aromatic rings. The maximum atomic E-state index is 13.5. The number of carbonyl (C=O) groups is 1. The summed E-state index contributed by atoms with van der Waals surface area (Å²) in [5, 5.41) is 13.6. The zero-order valence-corrected chi connectivity index (χ0v) is 10.9. The Balaban J connectivity index is 2.31. The predicted molar refractivity (Wildman–Crippen MR) is 70.5 cm³/mol. The predicted octanol–water partition coefficient (Wildman–Crippen LogP) is 1.55. The Bertz CT molecular complexity index is 560. The van der Waals surface area contributed by atoms with E-state index in [-0.39, 0.29) is 17.3 Å². The highest BCUT2D eigenvalue weighted by atomic mass is 19.1. The number of nitrogens with one attached hydrogen (secondary N) is 2. The van der Waals surface area contributed by atoms with E-state index in [2.05, 4.69) is 10.7 Å². The van der Waals surface area contributed by atoms with Gasteiger partial charge in [-0.25, -0.2) is 4.39 Å². The standard InChI is InChI=1S/C12H15FN4O3/c1-6(7-2-3-7)15-12(18)8-4-10(16-14)9(13)5-11(8)17(19)20/h4-7,16H,2-3,14H2,1H3,(H,15,18). The van der Waals surface area contributed by atoms with Gasteiger partial charge >= 0.3 is 0 Å². The minimum absolute atomic E-state index is 0.0681. The van der Waals surface area contributed by atoms with Crippen molar-refractivity contribution in [3.63, 3.8) is 0 Å². The van der Waals surface area contributed by atoms with Gasteiger partial charge in [0.05, 0.1) is 16.7 Å². The second-order valence-corrected chi connectivity index (χ2v) is 4.85. The van der Waals surface area contributed by atoms with E-state index < -0.39 is 22.3 Å². The van der Waals surface area contributed by atoms with E-state index in [1.165, 1.54) is 0 Å². The summed E-state index contributed by atoms with van der Waals surface area (Å²) >= 11 is 0. The fraction of sp³-hybridized carbons (Fsp3) is 0.417. The van der Waals surface area contributed by atoms with Crippen LogP contribution in [-0.4, -0.2) is 16.9 Å². The Hall–Kier alpha value is -2.22. The van der Waals surface area contributed by atoms with E-state index in [4.69, 9.17) is 5.84 Å². The van der Waals surface area contributed by atoms with Gasteiger partial charge in [0.2, 0.25) is 0 Å². The quantitative estimate of drug-likeness (QED) is 0.431. The first-order valence-electron chi connectivity index (χ1n) is 6.19. The van der Waals surface area contributed by atoms with Crippen LogP contribution in [0.4, 0.5) is 15.8 Å². The molecule has 1 aromatic carbocycles. The number of nitrogens with zero attached hydrogens (tertiary/aromatic N) is 1. The Morgan fingerprint density at radius 1 is 1.55 bits per heavy atom. The first-order chi connectivity index (χ1) is 9.43. The van der Waals surface area contributed by atoms with Crippen LogP contribution < -0.4 is 16.6 Å². The van der Waals surface area contributed by atoms with Crippen LogP contribution >= 0.6 is 0 Å². The molecule has 0 saturated heterocycles. The van der Waals surface area contributed by atoms with Gasteiger partial charge in [-0.3, -0.25) is 20.8 Å². The lowest BCUT2D eigenvalue weighted by atomic mass is 10.1. The van der Waals surface area contributed by atoms with Gasteiger partial charge in [0.1, 0.15) is 5.56 Å². The number of nitrogens with two attached hydrogens (primary N) is 1. The van der Waals surface area contributed by atoms with Crippen LogP contribution in [-0.2, 0) is 0 Å². The molecule has 0 bridgehead atoms. The smallest absolute Gasteiger partial charge is 0.285 e. The molecule has 1 aliphatic rings. The molecule has 20 heavy (non-hydrogen) atoms. The Morgan fingerprint density at radius 2 is 2.20 bits per heavy atom. The highest BCUT2D eigenvalue weighted by Gasteiger charge is 2.31. The van der Waals surface area contributed by atoms with E-state index in [1.807, 2.05) is 6.92 Å². The van der Waals surface area contributed by atoms with Crippen molar-refractivity contribution in [3.05, 3.63) is 33.6 Å². The molecule has 0 aromatic heterocycles. The maximum Gasteiger partial charge on any atom is 0.285 e. The zero-order valence-electron chi connectivity index (χ0n) is 10.9. The SMILES string of the molecule is CC(NC(=O)c1cc(NN)c(F)cc1[N+](=O)[O-])C1CC1. The number of hydrazine groups is 1. The summed E-state index contributed by atoms with van der Waals surface area (Å²) in [7, 11) is 0. The second kappa shape index (κ2) is 5.41. The number of benzene rings is 1. The van der Waals surface area contributed by atoms with E-state index in [9.17, 15) is 19.3 Å². The minimum atomic E-state index is -0.883.